The van der Waals surface area contributed by atoms with E-state index in [-0.39, 0.29) is 13.0 Å². The van der Waals surface area contributed by atoms with Crippen LogP contribution in [0, 0.1) is 5.92 Å². The van der Waals surface area contributed by atoms with E-state index < -0.39 is 23.9 Å². The first-order valence-electron chi connectivity index (χ1n) is 9.48. The van der Waals surface area contributed by atoms with Crippen LogP contribution in [0.4, 0.5) is 10.5 Å². The van der Waals surface area contributed by atoms with Gasteiger partial charge < -0.3 is 18.9 Å². The number of carbonyl (C=O) groups is 3. The van der Waals surface area contributed by atoms with Gasteiger partial charge in [0.05, 0.1) is 31.5 Å². The molecule has 0 bridgehead atoms. The predicted octanol–water partition coefficient (Wildman–Crippen LogP) is 3.99. The Labute approximate surface area is 185 Å². The molecule has 0 aliphatic rings. The number of ether oxygens (including phenoxy) is 4. The van der Waals surface area contributed by atoms with E-state index in [1.807, 2.05) is 6.92 Å². The zero-order valence-electron chi connectivity index (χ0n) is 17.5. The first-order valence-corrected chi connectivity index (χ1v) is 9.85. The molecule has 0 saturated carbocycles. The largest absolute Gasteiger partial charge is 0.493 e. The Balaban J connectivity index is 2.15. The molecular weight excluding hydrogens is 426 g/mol. The molecule has 2 aromatic rings. The van der Waals surface area contributed by atoms with Crippen LogP contribution in [0.15, 0.2) is 42.5 Å². The number of hydrogen-bond donors (Lipinski definition) is 1. The van der Waals surface area contributed by atoms with Crippen LogP contribution in [0.2, 0.25) is 5.02 Å². The van der Waals surface area contributed by atoms with Crippen molar-refractivity contribution in [3.63, 3.8) is 0 Å². The number of para-hydroxylation sites is 1. The number of esters is 2. The van der Waals surface area contributed by atoms with Gasteiger partial charge in [0.1, 0.15) is 12.4 Å². The molecule has 0 fully saturated rings. The van der Waals surface area contributed by atoms with Crippen molar-refractivity contribution in [3.05, 3.63) is 58.6 Å². The van der Waals surface area contributed by atoms with Crippen LogP contribution in [-0.2, 0) is 36.8 Å². The van der Waals surface area contributed by atoms with Crippen molar-refractivity contribution in [3.8, 4) is 5.75 Å². The van der Waals surface area contributed by atoms with E-state index in [0.717, 1.165) is 0 Å². The highest BCUT2D eigenvalue weighted by Crippen LogP contribution is 2.25. The Bertz CT molecular complexity index is 916. The summed E-state index contributed by atoms with van der Waals surface area (Å²) in [6, 6.07) is 11.9. The number of benzene rings is 2. The number of amides is 1. The van der Waals surface area contributed by atoms with E-state index in [0.29, 0.717) is 34.2 Å². The summed E-state index contributed by atoms with van der Waals surface area (Å²) in [5, 5.41) is 2.95. The molecule has 0 heterocycles. The molecule has 166 valence electrons. The third-order valence-electron chi connectivity index (χ3n) is 4.31. The molecule has 8 nitrogen and oxygen atoms in total. The van der Waals surface area contributed by atoms with Gasteiger partial charge in [-0.2, -0.15) is 0 Å². The number of hydrogen-bond acceptors (Lipinski definition) is 7. The minimum Gasteiger partial charge on any atom is -0.493 e. The van der Waals surface area contributed by atoms with Gasteiger partial charge in [0.15, 0.2) is 5.92 Å². The van der Waals surface area contributed by atoms with Gasteiger partial charge in [-0.25, -0.2) is 4.79 Å². The highest BCUT2D eigenvalue weighted by atomic mass is 35.5. The third-order valence-corrected chi connectivity index (χ3v) is 4.63. The van der Waals surface area contributed by atoms with Crippen molar-refractivity contribution in [1.82, 2.24) is 0 Å². The maximum atomic E-state index is 12.2. The monoisotopic (exact) mass is 449 g/mol. The van der Waals surface area contributed by atoms with Crippen molar-refractivity contribution in [1.29, 1.82) is 0 Å². The molecule has 2 aromatic carbocycles. The van der Waals surface area contributed by atoms with Crippen molar-refractivity contribution in [2.75, 3.05) is 26.1 Å². The third kappa shape index (κ3) is 6.89. The normalized spacial score (nSPS) is 10.4. The van der Waals surface area contributed by atoms with Crippen molar-refractivity contribution in [2.24, 2.45) is 5.92 Å². The fourth-order valence-corrected chi connectivity index (χ4v) is 2.99. The lowest BCUT2D eigenvalue weighted by Crippen LogP contribution is -2.28. The number of carbonyl (C=O) groups excluding carboxylic acids is 3. The van der Waals surface area contributed by atoms with Gasteiger partial charge in [0.25, 0.3) is 0 Å². The van der Waals surface area contributed by atoms with Gasteiger partial charge in [-0.05, 0) is 43.2 Å². The van der Waals surface area contributed by atoms with Crippen LogP contribution in [0.3, 0.4) is 0 Å². The van der Waals surface area contributed by atoms with Crippen LogP contribution >= 0.6 is 11.6 Å². The first kappa shape index (κ1) is 24.0. The summed E-state index contributed by atoms with van der Waals surface area (Å²) < 4.78 is 20.3. The second kappa shape index (κ2) is 11.8. The summed E-state index contributed by atoms with van der Waals surface area (Å²) in [4.78, 5) is 36.1. The van der Waals surface area contributed by atoms with E-state index in [4.69, 9.17) is 30.5 Å². The number of methoxy groups -OCH3 is 2. The fourth-order valence-electron chi connectivity index (χ4n) is 2.80. The average molecular weight is 450 g/mol. The Hall–Kier alpha value is -3.26. The highest BCUT2D eigenvalue weighted by Gasteiger charge is 2.29. The van der Waals surface area contributed by atoms with Gasteiger partial charge in [-0.3, -0.25) is 14.9 Å². The van der Waals surface area contributed by atoms with E-state index in [2.05, 4.69) is 5.32 Å². The first-order chi connectivity index (χ1) is 14.9. The average Bonchev–Trinajstić information content (AvgIpc) is 2.78. The van der Waals surface area contributed by atoms with Gasteiger partial charge in [-0.15, -0.1) is 0 Å². The van der Waals surface area contributed by atoms with Crippen molar-refractivity contribution >= 4 is 35.3 Å². The lowest BCUT2D eigenvalue weighted by Gasteiger charge is -2.16. The molecule has 9 heteroatoms. The zero-order valence-corrected chi connectivity index (χ0v) is 18.2. The molecule has 2 rings (SSSR count). The molecule has 0 atom stereocenters. The highest BCUT2D eigenvalue weighted by molar-refractivity contribution is 6.33. The molecule has 0 radical (unpaired) electrons. The minimum atomic E-state index is -1.11. The van der Waals surface area contributed by atoms with Crippen LogP contribution in [0.5, 0.6) is 5.75 Å². The summed E-state index contributed by atoms with van der Waals surface area (Å²) in [5.41, 5.74) is 1.64. The Morgan fingerprint density at radius 2 is 1.71 bits per heavy atom. The number of halogens is 1. The van der Waals surface area contributed by atoms with Crippen LogP contribution < -0.4 is 10.1 Å². The quantitative estimate of drug-likeness (QED) is 0.351. The van der Waals surface area contributed by atoms with Gasteiger partial charge in [0, 0.05) is 5.56 Å². The lowest BCUT2D eigenvalue weighted by molar-refractivity contribution is -0.158. The maximum absolute atomic E-state index is 12.2. The second-order valence-electron chi connectivity index (χ2n) is 6.36. The smallest absolute Gasteiger partial charge is 0.412 e. The molecule has 0 aliphatic carbocycles. The molecular formula is C22H24ClNO7. The van der Waals surface area contributed by atoms with Gasteiger partial charge >= 0.3 is 18.0 Å². The fraction of sp³-hybridized carbons (Fsp3) is 0.318. The zero-order chi connectivity index (χ0) is 22.8. The summed E-state index contributed by atoms with van der Waals surface area (Å²) >= 11 is 6.03. The van der Waals surface area contributed by atoms with E-state index in [9.17, 15) is 14.4 Å². The van der Waals surface area contributed by atoms with Crippen molar-refractivity contribution in [2.45, 2.75) is 20.0 Å². The molecule has 0 saturated heterocycles. The van der Waals surface area contributed by atoms with Gasteiger partial charge in [-0.1, -0.05) is 29.8 Å². The topological polar surface area (TPSA) is 100 Å². The predicted molar refractivity (Wildman–Crippen MR) is 114 cm³/mol. The minimum absolute atomic E-state index is 0.0601. The summed E-state index contributed by atoms with van der Waals surface area (Å²) in [7, 11) is 2.40. The van der Waals surface area contributed by atoms with E-state index >= 15 is 0 Å². The summed E-state index contributed by atoms with van der Waals surface area (Å²) in [5.74, 6) is -1.98. The maximum Gasteiger partial charge on any atom is 0.412 e. The van der Waals surface area contributed by atoms with Crippen molar-refractivity contribution < 1.29 is 33.3 Å². The van der Waals surface area contributed by atoms with Gasteiger partial charge in [0.2, 0.25) is 0 Å². The molecule has 1 amide bonds. The van der Waals surface area contributed by atoms with Crippen LogP contribution in [-0.4, -0.2) is 38.9 Å². The molecule has 0 spiro atoms. The SMILES string of the molecule is CCOc1ccc(CC(C(=O)OC)C(=O)OC)cc1COC(=O)Nc1ccccc1Cl. The molecule has 31 heavy (non-hydrogen) atoms. The van der Waals surface area contributed by atoms with E-state index in [1.54, 1.807) is 42.5 Å². The second-order valence-corrected chi connectivity index (χ2v) is 6.77. The molecule has 1 N–H and O–H groups in total. The molecule has 0 aliphatic heterocycles. The Kier molecular flexibility index (Phi) is 9.14. The Morgan fingerprint density at radius 1 is 1.03 bits per heavy atom. The number of nitrogens with one attached hydrogen (secondary N) is 1. The van der Waals surface area contributed by atoms with E-state index in [1.165, 1.54) is 14.2 Å². The van der Waals surface area contributed by atoms with Crippen LogP contribution in [0.1, 0.15) is 18.1 Å². The summed E-state index contributed by atoms with van der Waals surface area (Å²) in [6.07, 6.45) is -0.632. The Morgan fingerprint density at radius 3 is 2.32 bits per heavy atom. The standard InChI is InChI=1S/C22H24ClNO7/c1-4-30-19-10-9-14(12-16(20(25)28-2)21(26)29-3)11-15(19)13-31-22(27)24-18-8-6-5-7-17(18)23/h5-11,16H,4,12-13H2,1-3H3,(H,24,27). The molecule has 0 unspecified atom stereocenters. The summed E-state index contributed by atoms with van der Waals surface area (Å²) in [6.45, 7) is 2.14. The number of anilines is 1. The molecule has 0 aromatic heterocycles. The lowest BCUT2D eigenvalue weighted by atomic mass is 9.97. The van der Waals surface area contributed by atoms with Crippen LogP contribution in [0.25, 0.3) is 0 Å². The number of rotatable bonds is 9.